The van der Waals surface area contributed by atoms with Crippen molar-refractivity contribution in [3.05, 3.63) is 148 Å². The highest BCUT2D eigenvalue weighted by molar-refractivity contribution is 7.91. The molecule has 3 aromatic heterocycles. The summed E-state index contributed by atoms with van der Waals surface area (Å²) in [5.41, 5.74) is 3.63. The molecule has 6 aromatic rings. The van der Waals surface area contributed by atoms with Crippen molar-refractivity contribution in [1.82, 2.24) is 28.7 Å². The molecule has 0 spiro atoms. The Hall–Kier alpha value is -6.13. The van der Waals surface area contributed by atoms with Gasteiger partial charge in [-0.15, -0.1) is 0 Å². The molecular weight excluding hydrogens is 939 g/mol. The molecule has 4 aliphatic rings. The SMILES string of the molecule is CC1=CC=CCC1(C)S(=O)(=O)n1ccc2c(-c3ccc4nc(N5CCC(N6C[C@@H](C)N(C(=O)OC(C)(C)C)C[C@@H]6C)CC5)nc(C(COC5CCCCO5)(c5ccccc5)c5ccccc5)c4c3)c[nH]c(=O)c21. The quantitative estimate of drug-likeness (QED) is 0.132. The number of carbonyl (C=O) groups excluding carboxylic acids is 1. The smallest absolute Gasteiger partial charge is 0.410 e. The summed E-state index contributed by atoms with van der Waals surface area (Å²) in [6.45, 7) is 17.3. The molecule has 14 nitrogen and oxygen atoms in total. The topological polar surface area (TPSA) is 152 Å². The predicted molar refractivity (Wildman–Crippen MR) is 287 cm³/mol. The van der Waals surface area contributed by atoms with Crippen LogP contribution in [0.4, 0.5) is 10.7 Å². The van der Waals surface area contributed by atoms with Crippen molar-refractivity contribution in [3.8, 4) is 11.1 Å². The third-order valence-corrected chi connectivity index (χ3v) is 18.2. The molecule has 384 valence electrons. The molecule has 15 heteroatoms. The van der Waals surface area contributed by atoms with Crippen molar-refractivity contribution >= 4 is 43.9 Å². The van der Waals surface area contributed by atoms with Crippen molar-refractivity contribution in [2.45, 2.75) is 127 Å². The fraction of sp³-hybridized carbons (Fsp3) is 0.448. The number of hydrogen-bond donors (Lipinski definition) is 1. The van der Waals surface area contributed by atoms with Gasteiger partial charge in [0.25, 0.3) is 5.56 Å². The molecule has 3 saturated heterocycles. The van der Waals surface area contributed by atoms with Crippen molar-refractivity contribution in [2.75, 3.05) is 44.3 Å². The number of rotatable bonds is 11. The van der Waals surface area contributed by atoms with Gasteiger partial charge in [-0.25, -0.2) is 27.2 Å². The second-order valence-electron chi connectivity index (χ2n) is 21.7. The molecule has 1 N–H and O–H groups in total. The van der Waals surface area contributed by atoms with E-state index in [2.05, 4.69) is 83.2 Å². The monoisotopic (exact) mass is 1010 g/mol. The van der Waals surface area contributed by atoms with Gasteiger partial charge in [0.05, 0.1) is 23.2 Å². The lowest BCUT2D eigenvalue weighted by Crippen LogP contribution is -2.62. The summed E-state index contributed by atoms with van der Waals surface area (Å²) in [5, 5.41) is 1.30. The average molecular weight is 1010 g/mol. The van der Waals surface area contributed by atoms with Crippen LogP contribution in [-0.2, 0) is 29.6 Å². The number of amides is 1. The zero-order valence-electron chi connectivity index (χ0n) is 43.2. The van der Waals surface area contributed by atoms with Crippen LogP contribution in [0.25, 0.3) is 32.9 Å². The molecule has 0 bridgehead atoms. The number of allylic oxidation sites excluding steroid dienone is 3. The van der Waals surface area contributed by atoms with Crippen LogP contribution in [0.15, 0.2) is 126 Å². The van der Waals surface area contributed by atoms with E-state index in [1.807, 2.05) is 75.1 Å². The summed E-state index contributed by atoms with van der Waals surface area (Å²) in [5.74, 6) is 0.624. The molecule has 4 atom stereocenters. The summed E-state index contributed by atoms with van der Waals surface area (Å²) in [4.78, 5) is 47.8. The van der Waals surface area contributed by atoms with Gasteiger partial charge in [0.2, 0.25) is 16.0 Å². The molecule has 1 aliphatic carbocycles. The van der Waals surface area contributed by atoms with E-state index in [-0.39, 0.29) is 43.0 Å². The normalized spacial score (nSPS) is 22.7. The number of piperazine rings is 1. The number of aromatic amines is 1. The average Bonchev–Trinajstić information content (AvgIpc) is 3.86. The number of ether oxygens (including phenoxy) is 3. The minimum atomic E-state index is -4.09. The highest BCUT2D eigenvalue weighted by Gasteiger charge is 2.45. The molecule has 2 unspecified atom stereocenters. The second-order valence-corrected chi connectivity index (χ2v) is 24.0. The molecule has 73 heavy (non-hydrogen) atoms. The standard InChI is InChI=1S/C58H69N7O7S/c1-39-18-14-16-29-57(39,7)73(68,69)65-32-28-46-48(35-59-53(66)51(46)65)42-24-25-49-47(34-42)52(58(43-19-10-8-11-20-43,44-21-12-9-13-22-44)38-71-50-23-15-17-33-70-50)61-54(60-49)62-30-26-45(27-31-62)63-36-41(3)64(37-40(63)2)55(67)72-56(4,5)6/h8-14,16,18-22,24-25,28,32,34-35,40-41,45,50H,15,17,23,26-27,29-31,33,36-38H2,1-7H3,(H,59,66)/t40-,41+,50?,57?/m0/s1. The van der Waals surface area contributed by atoms with Crippen LogP contribution in [0.1, 0.15) is 104 Å². The van der Waals surface area contributed by atoms with Crippen LogP contribution >= 0.6 is 0 Å². The van der Waals surface area contributed by atoms with Gasteiger partial charge in [-0.1, -0.05) is 90.5 Å². The minimum Gasteiger partial charge on any atom is -0.444 e. The lowest BCUT2D eigenvalue weighted by Gasteiger charge is -2.49. The van der Waals surface area contributed by atoms with Crippen molar-refractivity contribution in [3.63, 3.8) is 0 Å². The number of benzene rings is 3. The van der Waals surface area contributed by atoms with E-state index in [4.69, 9.17) is 24.2 Å². The molecule has 3 fully saturated rings. The van der Waals surface area contributed by atoms with Crippen molar-refractivity contribution in [2.24, 2.45) is 0 Å². The number of aromatic nitrogens is 4. The lowest BCUT2D eigenvalue weighted by molar-refractivity contribution is -0.167. The van der Waals surface area contributed by atoms with Crippen LogP contribution in [-0.4, -0.2) is 117 Å². The summed E-state index contributed by atoms with van der Waals surface area (Å²) in [6, 6.07) is 29.1. The first-order valence-electron chi connectivity index (χ1n) is 26.0. The molecule has 3 aromatic carbocycles. The minimum absolute atomic E-state index is 0.00946. The van der Waals surface area contributed by atoms with E-state index in [0.29, 0.717) is 41.7 Å². The van der Waals surface area contributed by atoms with Crippen LogP contribution in [0.3, 0.4) is 0 Å². The number of nitrogens with zero attached hydrogens (tertiary/aromatic N) is 6. The van der Waals surface area contributed by atoms with Gasteiger partial charge in [0.1, 0.15) is 15.9 Å². The van der Waals surface area contributed by atoms with Gasteiger partial charge in [-0.05, 0) is 122 Å². The molecule has 3 aliphatic heterocycles. The first kappa shape index (κ1) is 50.4. The Bertz CT molecular complexity index is 3180. The largest absolute Gasteiger partial charge is 0.444 e. The molecule has 1 amide bonds. The number of nitrogens with one attached hydrogen (secondary N) is 1. The summed E-state index contributed by atoms with van der Waals surface area (Å²) < 4.78 is 48.1. The van der Waals surface area contributed by atoms with E-state index in [9.17, 15) is 18.0 Å². The fourth-order valence-electron chi connectivity index (χ4n) is 11.5. The van der Waals surface area contributed by atoms with Gasteiger partial charge in [-0.3, -0.25) is 9.69 Å². The number of anilines is 1. The number of carbonyl (C=O) groups is 1. The number of fused-ring (bicyclic) bond motifs is 2. The van der Waals surface area contributed by atoms with Gasteiger partial charge < -0.3 is 29.0 Å². The summed E-state index contributed by atoms with van der Waals surface area (Å²) >= 11 is 0. The first-order chi connectivity index (χ1) is 35.0. The van der Waals surface area contributed by atoms with E-state index in [1.54, 1.807) is 19.2 Å². The zero-order chi connectivity index (χ0) is 51.3. The Balaban J connectivity index is 1.08. The zero-order valence-corrected chi connectivity index (χ0v) is 44.0. The van der Waals surface area contributed by atoms with Crippen molar-refractivity contribution in [1.29, 1.82) is 0 Å². The number of piperidine rings is 1. The molecule has 0 saturated carbocycles. The predicted octanol–water partition coefficient (Wildman–Crippen LogP) is 9.96. The maximum atomic E-state index is 14.6. The Morgan fingerprint density at radius 2 is 1.60 bits per heavy atom. The molecular formula is C58H69N7O7S. The Morgan fingerprint density at radius 1 is 0.890 bits per heavy atom. The van der Waals surface area contributed by atoms with E-state index < -0.39 is 31.3 Å². The van der Waals surface area contributed by atoms with Gasteiger partial charge in [0.15, 0.2) is 6.29 Å². The highest BCUT2D eigenvalue weighted by atomic mass is 32.2. The van der Waals surface area contributed by atoms with Crippen LogP contribution in [0, 0.1) is 0 Å². The van der Waals surface area contributed by atoms with Crippen LogP contribution < -0.4 is 10.5 Å². The number of pyridine rings is 1. The molecule has 0 radical (unpaired) electrons. The number of hydrogen-bond acceptors (Lipinski definition) is 11. The third-order valence-electron chi connectivity index (χ3n) is 15.8. The van der Waals surface area contributed by atoms with Crippen LogP contribution in [0.5, 0.6) is 0 Å². The maximum absolute atomic E-state index is 14.6. The fourth-order valence-corrected chi connectivity index (χ4v) is 13.4. The molecule has 10 rings (SSSR count). The first-order valence-corrected chi connectivity index (χ1v) is 27.4. The third kappa shape index (κ3) is 9.42. The number of H-pyrrole nitrogens is 1. The molecule has 6 heterocycles. The summed E-state index contributed by atoms with van der Waals surface area (Å²) in [7, 11) is -4.09. The van der Waals surface area contributed by atoms with Crippen LogP contribution in [0.2, 0.25) is 0 Å². The summed E-state index contributed by atoms with van der Waals surface area (Å²) in [6.07, 6.45) is 12.9. The van der Waals surface area contributed by atoms with E-state index in [0.717, 1.165) is 89.0 Å². The maximum Gasteiger partial charge on any atom is 0.410 e. The van der Waals surface area contributed by atoms with Crippen molar-refractivity contribution < 1.29 is 27.4 Å². The van der Waals surface area contributed by atoms with E-state index in [1.165, 1.54) is 6.20 Å². The lowest BCUT2D eigenvalue weighted by atomic mass is 9.71. The van der Waals surface area contributed by atoms with Gasteiger partial charge >= 0.3 is 6.09 Å². The Kier molecular flexibility index (Phi) is 13.8. The Labute approximate surface area is 429 Å². The van der Waals surface area contributed by atoms with Gasteiger partial charge in [0, 0.05) is 79.6 Å². The highest BCUT2D eigenvalue weighted by Crippen LogP contribution is 2.45. The van der Waals surface area contributed by atoms with E-state index >= 15 is 0 Å². The Morgan fingerprint density at radius 3 is 2.26 bits per heavy atom. The van der Waals surface area contributed by atoms with Gasteiger partial charge in [-0.2, -0.15) is 0 Å². The second kappa shape index (κ2) is 20.0.